The van der Waals surface area contributed by atoms with Crippen molar-refractivity contribution in [2.75, 3.05) is 19.7 Å². The van der Waals surface area contributed by atoms with Crippen LogP contribution in [0.25, 0.3) is 0 Å². The second-order valence-corrected chi connectivity index (χ2v) is 4.48. The van der Waals surface area contributed by atoms with Crippen LogP contribution >= 0.6 is 0 Å². The Morgan fingerprint density at radius 3 is 2.95 bits per heavy atom. The fourth-order valence-corrected chi connectivity index (χ4v) is 2.14. The Hall–Kier alpha value is -1.92. The number of aryl methyl sites for hydroxylation is 1. The SMILES string of the molecule is CCOC(=O)C1CCCN(C(=O)c2noc(C)n2)C1. The van der Waals surface area contributed by atoms with Crippen LogP contribution in [0, 0.1) is 12.8 Å². The van der Waals surface area contributed by atoms with Crippen molar-refractivity contribution >= 4 is 11.9 Å². The third-order valence-electron chi connectivity index (χ3n) is 3.05. The van der Waals surface area contributed by atoms with E-state index in [-0.39, 0.29) is 23.6 Å². The topological polar surface area (TPSA) is 85.5 Å². The second-order valence-electron chi connectivity index (χ2n) is 4.48. The molecule has 2 rings (SSSR count). The molecule has 1 aromatic heterocycles. The highest BCUT2D eigenvalue weighted by Crippen LogP contribution is 2.19. The summed E-state index contributed by atoms with van der Waals surface area (Å²) < 4.78 is 9.78. The molecule has 1 aliphatic rings. The van der Waals surface area contributed by atoms with Gasteiger partial charge in [-0.3, -0.25) is 9.59 Å². The number of hydrogen-bond donors (Lipinski definition) is 0. The van der Waals surface area contributed by atoms with Gasteiger partial charge in [-0.15, -0.1) is 0 Å². The lowest BCUT2D eigenvalue weighted by Gasteiger charge is -2.30. The van der Waals surface area contributed by atoms with Crippen molar-refractivity contribution in [1.82, 2.24) is 15.0 Å². The Bertz CT molecular complexity index is 471. The highest BCUT2D eigenvalue weighted by atomic mass is 16.5. The van der Waals surface area contributed by atoms with Gasteiger partial charge in [0.1, 0.15) is 0 Å². The maximum atomic E-state index is 12.1. The maximum absolute atomic E-state index is 12.1. The maximum Gasteiger partial charge on any atom is 0.310 e. The van der Waals surface area contributed by atoms with E-state index in [1.54, 1.807) is 18.7 Å². The summed E-state index contributed by atoms with van der Waals surface area (Å²) in [6, 6.07) is 0. The number of rotatable bonds is 3. The van der Waals surface area contributed by atoms with Crippen LogP contribution in [0.15, 0.2) is 4.52 Å². The lowest BCUT2D eigenvalue weighted by Crippen LogP contribution is -2.43. The molecule has 0 radical (unpaired) electrons. The third-order valence-corrected chi connectivity index (χ3v) is 3.05. The Morgan fingerprint density at radius 1 is 1.53 bits per heavy atom. The molecule has 0 bridgehead atoms. The van der Waals surface area contributed by atoms with E-state index < -0.39 is 0 Å². The molecular weight excluding hydrogens is 250 g/mol. The quantitative estimate of drug-likeness (QED) is 0.753. The molecule has 1 aliphatic heterocycles. The Balaban J connectivity index is 2.01. The van der Waals surface area contributed by atoms with Crippen molar-refractivity contribution in [3.8, 4) is 0 Å². The molecule has 0 spiro atoms. The summed E-state index contributed by atoms with van der Waals surface area (Å²) in [5.41, 5.74) is 0. The van der Waals surface area contributed by atoms with E-state index in [1.807, 2.05) is 0 Å². The van der Waals surface area contributed by atoms with Crippen LogP contribution in [0.5, 0.6) is 0 Å². The molecule has 104 valence electrons. The summed E-state index contributed by atoms with van der Waals surface area (Å²) in [5.74, 6) is -0.412. The van der Waals surface area contributed by atoms with Gasteiger partial charge in [0.25, 0.3) is 11.7 Å². The van der Waals surface area contributed by atoms with Crippen LogP contribution in [0.2, 0.25) is 0 Å². The lowest BCUT2D eigenvalue weighted by atomic mass is 9.98. The van der Waals surface area contributed by atoms with Crippen molar-refractivity contribution in [2.24, 2.45) is 5.92 Å². The first-order chi connectivity index (χ1) is 9.11. The van der Waals surface area contributed by atoms with E-state index >= 15 is 0 Å². The van der Waals surface area contributed by atoms with Crippen molar-refractivity contribution < 1.29 is 18.8 Å². The zero-order valence-corrected chi connectivity index (χ0v) is 11.1. The van der Waals surface area contributed by atoms with E-state index in [2.05, 4.69) is 10.1 Å². The molecule has 7 heteroatoms. The monoisotopic (exact) mass is 267 g/mol. The van der Waals surface area contributed by atoms with Gasteiger partial charge in [0.15, 0.2) is 0 Å². The van der Waals surface area contributed by atoms with E-state index in [4.69, 9.17) is 9.26 Å². The molecule has 2 heterocycles. The van der Waals surface area contributed by atoms with E-state index in [9.17, 15) is 9.59 Å². The summed E-state index contributed by atoms with van der Waals surface area (Å²) in [7, 11) is 0. The number of carbonyl (C=O) groups excluding carboxylic acids is 2. The fourth-order valence-electron chi connectivity index (χ4n) is 2.14. The summed E-state index contributed by atoms with van der Waals surface area (Å²) in [4.78, 5) is 29.3. The molecular formula is C12H17N3O4. The van der Waals surface area contributed by atoms with Gasteiger partial charge in [-0.25, -0.2) is 0 Å². The summed E-state index contributed by atoms with van der Waals surface area (Å²) in [6.45, 7) is 4.70. The first-order valence-electron chi connectivity index (χ1n) is 6.38. The first kappa shape index (κ1) is 13.5. The minimum Gasteiger partial charge on any atom is -0.466 e. The molecule has 0 saturated carbocycles. The highest BCUT2D eigenvalue weighted by molar-refractivity contribution is 5.90. The number of hydrogen-bond acceptors (Lipinski definition) is 6. The average Bonchev–Trinajstić information content (AvgIpc) is 2.85. The second kappa shape index (κ2) is 5.81. The smallest absolute Gasteiger partial charge is 0.310 e. The van der Waals surface area contributed by atoms with E-state index in [1.165, 1.54) is 0 Å². The predicted molar refractivity (Wildman–Crippen MR) is 64.3 cm³/mol. The van der Waals surface area contributed by atoms with Crippen molar-refractivity contribution in [1.29, 1.82) is 0 Å². The molecule has 1 aromatic rings. The molecule has 1 saturated heterocycles. The van der Waals surface area contributed by atoms with Gasteiger partial charge in [-0.1, -0.05) is 5.16 Å². The molecule has 1 amide bonds. The summed E-state index contributed by atoms with van der Waals surface area (Å²) in [6.07, 6.45) is 1.51. The number of carbonyl (C=O) groups is 2. The van der Waals surface area contributed by atoms with E-state index in [0.29, 0.717) is 25.6 Å². The molecule has 0 N–H and O–H groups in total. The normalized spacial score (nSPS) is 19.3. The van der Waals surface area contributed by atoms with Gasteiger partial charge < -0.3 is 14.2 Å². The van der Waals surface area contributed by atoms with Gasteiger partial charge in [0.05, 0.1) is 12.5 Å². The number of aromatic nitrogens is 2. The third kappa shape index (κ3) is 3.10. The molecule has 0 aromatic carbocycles. The molecule has 1 fully saturated rings. The minimum atomic E-state index is -0.300. The van der Waals surface area contributed by atoms with Crippen LogP contribution in [-0.4, -0.2) is 46.6 Å². The van der Waals surface area contributed by atoms with Gasteiger partial charge in [-0.05, 0) is 19.8 Å². The Morgan fingerprint density at radius 2 is 2.32 bits per heavy atom. The van der Waals surface area contributed by atoms with Crippen molar-refractivity contribution in [3.05, 3.63) is 11.7 Å². The van der Waals surface area contributed by atoms with Gasteiger partial charge >= 0.3 is 5.97 Å². The fraction of sp³-hybridized carbons (Fsp3) is 0.667. The standard InChI is InChI=1S/C12H17N3O4/c1-3-18-12(17)9-5-4-6-15(7-9)11(16)10-13-8(2)19-14-10/h9H,3-7H2,1-2H3. The number of piperidine rings is 1. The number of nitrogens with zero attached hydrogens (tertiary/aromatic N) is 3. The summed E-state index contributed by atoms with van der Waals surface area (Å²) >= 11 is 0. The lowest BCUT2D eigenvalue weighted by molar-refractivity contribution is -0.149. The predicted octanol–water partition coefficient (Wildman–Crippen LogP) is 0.793. The number of amides is 1. The highest BCUT2D eigenvalue weighted by Gasteiger charge is 2.31. The Kier molecular flexibility index (Phi) is 4.13. The zero-order valence-electron chi connectivity index (χ0n) is 11.1. The van der Waals surface area contributed by atoms with Gasteiger partial charge in [-0.2, -0.15) is 4.98 Å². The Labute approximate surface area is 110 Å². The average molecular weight is 267 g/mol. The van der Waals surface area contributed by atoms with Crippen molar-refractivity contribution in [2.45, 2.75) is 26.7 Å². The van der Waals surface area contributed by atoms with Crippen LogP contribution in [0.3, 0.4) is 0 Å². The first-order valence-corrected chi connectivity index (χ1v) is 6.38. The summed E-state index contributed by atoms with van der Waals surface area (Å²) in [5, 5.41) is 3.60. The van der Waals surface area contributed by atoms with Crippen LogP contribution in [0.1, 0.15) is 36.3 Å². The molecule has 19 heavy (non-hydrogen) atoms. The van der Waals surface area contributed by atoms with E-state index in [0.717, 1.165) is 12.8 Å². The van der Waals surface area contributed by atoms with Gasteiger partial charge in [0, 0.05) is 20.0 Å². The van der Waals surface area contributed by atoms with Crippen LogP contribution in [-0.2, 0) is 9.53 Å². The number of ether oxygens (including phenoxy) is 1. The molecule has 1 atom stereocenters. The van der Waals surface area contributed by atoms with Crippen LogP contribution in [0.4, 0.5) is 0 Å². The van der Waals surface area contributed by atoms with Crippen molar-refractivity contribution in [3.63, 3.8) is 0 Å². The number of likely N-dealkylation sites (tertiary alicyclic amines) is 1. The number of esters is 1. The zero-order chi connectivity index (χ0) is 13.8. The largest absolute Gasteiger partial charge is 0.466 e. The molecule has 0 aliphatic carbocycles. The van der Waals surface area contributed by atoms with Gasteiger partial charge in [0.2, 0.25) is 5.89 Å². The molecule has 1 unspecified atom stereocenters. The van der Waals surface area contributed by atoms with Crippen LogP contribution < -0.4 is 0 Å². The minimum absolute atomic E-state index is 0.0435. The molecule has 7 nitrogen and oxygen atoms in total.